The Morgan fingerprint density at radius 3 is 2.52 bits per heavy atom. The van der Waals surface area contributed by atoms with Crippen molar-refractivity contribution in [1.29, 1.82) is 0 Å². The minimum Gasteiger partial charge on any atom is -0.496 e. The molecule has 0 radical (unpaired) electrons. The van der Waals surface area contributed by atoms with Crippen LogP contribution in [0.5, 0.6) is 5.75 Å². The average molecular weight is 446 g/mol. The molecule has 0 saturated heterocycles. The van der Waals surface area contributed by atoms with Gasteiger partial charge in [-0.1, -0.05) is 44.2 Å². The number of aryl methyl sites for hydroxylation is 2. The number of nitrogens with one attached hydrogen (secondary N) is 1. The first-order valence-electron chi connectivity index (χ1n) is 11.0. The summed E-state index contributed by atoms with van der Waals surface area (Å²) in [7, 11) is 1.61. The number of aromatic nitrogens is 2. The Kier molecular flexibility index (Phi) is 6.18. The summed E-state index contributed by atoms with van der Waals surface area (Å²) in [5, 5.41) is 7.73. The van der Waals surface area contributed by atoms with E-state index in [0.717, 1.165) is 39.3 Å². The Hall–Kier alpha value is -3.67. The zero-order chi connectivity index (χ0) is 23.7. The van der Waals surface area contributed by atoms with Crippen LogP contribution in [-0.4, -0.2) is 22.6 Å². The van der Waals surface area contributed by atoms with Crippen molar-refractivity contribution in [2.45, 2.75) is 40.2 Å². The number of para-hydroxylation sites is 1. The van der Waals surface area contributed by atoms with E-state index in [2.05, 4.69) is 5.32 Å². The molecular weight excluding hydrogens is 417 g/mol. The van der Waals surface area contributed by atoms with Gasteiger partial charge in [0.05, 0.1) is 29.6 Å². The van der Waals surface area contributed by atoms with E-state index in [1.165, 1.54) is 6.07 Å². The van der Waals surface area contributed by atoms with E-state index in [4.69, 9.17) is 9.84 Å². The van der Waals surface area contributed by atoms with Crippen LogP contribution in [0.25, 0.3) is 16.6 Å². The summed E-state index contributed by atoms with van der Waals surface area (Å²) >= 11 is 0. The summed E-state index contributed by atoms with van der Waals surface area (Å²) in [5.74, 6) is 0.278. The smallest absolute Gasteiger partial charge is 0.253 e. The maximum Gasteiger partial charge on any atom is 0.253 e. The fourth-order valence-corrected chi connectivity index (χ4v) is 4.37. The second-order valence-corrected chi connectivity index (χ2v) is 8.47. The zero-order valence-corrected chi connectivity index (χ0v) is 19.6. The van der Waals surface area contributed by atoms with Crippen LogP contribution in [0.3, 0.4) is 0 Å². The van der Waals surface area contributed by atoms with Gasteiger partial charge in [0.2, 0.25) is 0 Å². The fourth-order valence-electron chi connectivity index (χ4n) is 4.37. The molecule has 0 fully saturated rings. The van der Waals surface area contributed by atoms with E-state index < -0.39 is 0 Å². The molecule has 5 nitrogen and oxygen atoms in total. The minimum absolute atomic E-state index is 0.0228. The van der Waals surface area contributed by atoms with Crippen molar-refractivity contribution in [3.8, 4) is 16.9 Å². The number of carbonyl (C=O) groups excluding carboxylic acids is 1. The van der Waals surface area contributed by atoms with E-state index in [1.807, 2.05) is 70.2 Å². The molecule has 0 aliphatic rings. The van der Waals surface area contributed by atoms with Crippen molar-refractivity contribution in [3.63, 3.8) is 0 Å². The van der Waals surface area contributed by atoms with Gasteiger partial charge in [-0.25, -0.2) is 8.91 Å². The molecule has 0 bridgehead atoms. The lowest BCUT2D eigenvalue weighted by Crippen LogP contribution is -2.25. The molecule has 1 N–H and O–H groups in total. The molecule has 2 aromatic carbocycles. The zero-order valence-electron chi connectivity index (χ0n) is 19.6. The number of pyridine rings is 1. The number of methoxy groups -OCH3 is 1. The number of hydrogen-bond donors (Lipinski definition) is 1. The number of rotatable bonds is 6. The Morgan fingerprint density at radius 2 is 1.82 bits per heavy atom. The van der Waals surface area contributed by atoms with Gasteiger partial charge in [-0.2, -0.15) is 5.10 Å². The van der Waals surface area contributed by atoms with Gasteiger partial charge < -0.3 is 10.1 Å². The van der Waals surface area contributed by atoms with Crippen molar-refractivity contribution < 1.29 is 13.9 Å². The molecule has 0 spiro atoms. The highest BCUT2D eigenvalue weighted by Crippen LogP contribution is 2.35. The molecule has 4 rings (SSSR count). The van der Waals surface area contributed by atoms with Gasteiger partial charge in [-0.3, -0.25) is 4.79 Å². The number of amides is 1. The molecule has 0 atom stereocenters. The molecule has 2 aromatic heterocycles. The molecule has 4 aromatic rings. The molecule has 1 amide bonds. The van der Waals surface area contributed by atoms with Gasteiger partial charge in [0.25, 0.3) is 5.91 Å². The van der Waals surface area contributed by atoms with Crippen LogP contribution >= 0.6 is 0 Å². The number of carbonyl (C=O) groups is 1. The highest BCUT2D eigenvalue weighted by Gasteiger charge is 2.23. The number of ether oxygens (including phenoxy) is 1. The van der Waals surface area contributed by atoms with Gasteiger partial charge in [-0.05, 0) is 49.6 Å². The van der Waals surface area contributed by atoms with Crippen LogP contribution in [0.4, 0.5) is 4.39 Å². The predicted octanol–water partition coefficient (Wildman–Crippen LogP) is 5.82. The Balaban J connectivity index is 1.78. The largest absolute Gasteiger partial charge is 0.496 e. The fraction of sp³-hybridized carbons (Fsp3) is 0.259. The molecule has 0 aliphatic carbocycles. The van der Waals surface area contributed by atoms with E-state index in [0.29, 0.717) is 17.7 Å². The predicted molar refractivity (Wildman–Crippen MR) is 128 cm³/mol. The summed E-state index contributed by atoms with van der Waals surface area (Å²) in [6.45, 7) is 8.16. The summed E-state index contributed by atoms with van der Waals surface area (Å²) < 4.78 is 22.0. The van der Waals surface area contributed by atoms with Gasteiger partial charge in [0.1, 0.15) is 11.6 Å². The SMILES string of the molecule is COc1ccccc1CNC(=O)c1ccc2c(-c3c(C)cccc3F)c(C)nn2c1C(C)C. The second-order valence-electron chi connectivity index (χ2n) is 8.47. The molecule has 0 aliphatic heterocycles. The van der Waals surface area contributed by atoms with E-state index in [-0.39, 0.29) is 17.6 Å². The molecule has 6 heteroatoms. The molecule has 33 heavy (non-hydrogen) atoms. The Labute approximate surface area is 193 Å². The standard InChI is InChI=1S/C27H28FN3O2/c1-16(2)26-20(27(32)29-15-19-10-6-7-12-23(19)33-5)13-14-22-25(18(4)30-31(22)26)24-17(3)9-8-11-21(24)28/h6-14,16H,15H2,1-5H3,(H,29,32). The molecular formula is C27H28FN3O2. The van der Waals surface area contributed by atoms with E-state index in [9.17, 15) is 9.18 Å². The third-order valence-corrected chi connectivity index (χ3v) is 5.90. The summed E-state index contributed by atoms with van der Waals surface area (Å²) in [4.78, 5) is 13.2. The van der Waals surface area contributed by atoms with Gasteiger partial charge in [0.15, 0.2) is 0 Å². The number of hydrogen-bond acceptors (Lipinski definition) is 3. The molecule has 0 saturated carbocycles. The van der Waals surface area contributed by atoms with Crippen molar-refractivity contribution in [2.75, 3.05) is 7.11 Å². The van der Waals surface area contributed by atoms with Crippen LogP contribution in [-0.2, 0) is 6.54 Å². The van der Waals surface area contributed by atoms with E-state index >= 15 is 0 Å². The van der Waals surface area contributed by atoms with Crippen molar-refractivity contribution in [3.05, 3.63) is 88.5 Å². The van der Waals surface area contributed by atoms with Crippen molar-refractivity contribution >= 4 is 11.4 Å². The first-order valence-corrected chi connectivity index (χ1v) is 11.0. The Bertz CT molecular complexity index is 1320. The summed E-state index contributed by atoms with van der Waals surface area (Å²) in [5.41, 5.74) is 5.88. The van der Waals surface area contributed by atoms with Crippen LogP contribution < -0.4 is 10.1 Å². The topological polar surface area (TPSA) is 55.6 Å². The molecule has 0 unspecified atom stereocenters. The number of fused-ring (bicyclic) bond motifs is 1. The van der Waals surface area contributed by atoms with Crippen LogP contribution in [0.2, 0.25) is 0 Å². The lowest BCUT2D eigenvalue weighted by atomic mass is 9.97. The first-order chi connectivity index (χ1) is 15.8. The maximum atomic E-state index is 14.8. The minimum atomic E-state index is -0.280. The van der Waals surface area contributed by atoms with E-state index in [1.54, 1.807) is 17.7 Å². The Morgan fingerprint density at radius 1 is 1.06 bits per heavy atom. The number of nitrogens with zero attached hydrogens (tertiary/aromatic N) is 2. The van der Waals surface area contributed by atoms with Crippen LogP contribution in [0.15, 0.2) is 54.6 Å². The highest BCUT2D eigenvalue weighted by atomic mass is 19.1. The van der Waals surface area contributed by atoms with Crippen molar-refractivity contribution in [2.24, 2.45) is 0 Å². The first kappa shape index (κ1) is 22.5. The quantitative estimate of drug-likeness (QED) is 0.407. The second kappa shape index (κ2) is 9.06. The van der Waals surface area contributed by atoms with Crippen LogP contribution in [0.1, 0.15) is 52.6 Å². The molecule has 170 valence electrons. The monoisotopic (exact) mass is 445 g/mol. The van der Waals surface area contributed by atoms with Gasteiger partial charge >= 0.3 is 0 Å². The number of halogens is 1. The summed E-state index contributed by atoms with van der Waals surface area (Å²) in [6, 6.07) is 16.3. The normalized spacial score (nSPS) is 11.2. The average Bonchev–Trinajstić information content (AvgIpc) is 3.12. The van der Waals surface area contributed by atoms with Gasteiger partial charge in [0, 0.05) is 23.2 Å². The maximum absolute atomic E-state index is 14.8. The third-order valence-electron chi connectivity index (χ3n) is 5.90. The lowest BCUT2D eigenvalue weighted by molar-refractivity contribution is 0.0948. The van der Waals surface area contributed by atoms with Gasteiger partial charge in [-0.15, -0.1) is 0 Å². The highest BCUT2D eigenvalue weighted by molar-refractivity contribution is 5.97. The lowest BCUT2D eigenvalue weighted by Gasteiger charge is -2.16. The third kappa shape index (κ3) is 4.09. The van der Waals surface area contributed by atoms with Crippen molar-refractivity contribution in [1.82, 2.24) is 14.9 Å². The number of benzene rings is 2. The summed E-state index contributed by atoms with van der Waals surface area (Å²) in [6.07, 6.45) is 0. The molecule has 2 heterocycles. The van der Waals surface area contributed by atoms with Crippen LogP contribution in [0, 0.1) is 19.7 Å².